The average Bonchev–Trinajstić information content (AvgIpc) is 3.39. The van der Waals surface area contributed by atoms with E-state index >= 15 is 0 Å². The number of nitrogen functional groups attached to an aromatic ring is 1. The van der Waals surface area contributed by atoms with Crippen molar-refractivity contribution in [2.24, 2.45) is 0 Å². The third-order valence-electron chi connectivity index (χ3n) is 4.36. The minimum Gasteiger partial charge on any atom is -0.497 e. The molecule has 0 unspecified atom stereocenters. The molecule has 10 nitrogen and oxygen atoms in total. The second kappa shape index (κ2) is 8.88. The van der Waals surface area contributed by atoms with Crippen molar-refractivity contribution in [3.8, 4) is 28.5 Å². The number of ether oxygens (including phenoxy) is 1. The number of thioether (sulfide) groups is 1. The van der Waals surface area contributed by atoms with Gasteiger partial charge in [0.2, 0.25) is 16.9 Å². The number of carbonyl (C=O) groups excluding carboxylic acids is 1. The molecule has 0 bridgehead atoms. The Kier molecular flexibility index (Phi) is 5.85. The standard InChI is InChI=1S/C20H20N8O2S/c1-12-4-3-5-17(22-12)23-18(29)11-31-20-27-26-19(28(20)21)16-10-15(24-25-16)13-6-8-14(30-2)9-7-13/h3-10H,11,21H2,1-2H3,(H,24,25)(H,22,23,29). The molecule has 31 heavy (non-hydrogen) atoms. The van der Waals surface area contributed by atoms with Crippen LogP contribution < -0.4 is 15.9 Å². The number of carbonyl (C=O) groups is 1. The summed E-state index contributed by atoms with van der Waals surface area (Å²) in [5.74, 6) is 7.73. The summed E-state index contributed by atoms with van der Waals surface area (Å²) in [7, 11) is 1.62. The molecular weight excluding hydrogens is 416 g/mol. The number of aryl methyl sites for hydroxylation is 1. The fraction of sp³-hybridized carbons (Fsp3) is 0.150. The van der Waals surface area contributed by atoms with Gasteiger partial charge < -0.3 is 15.9 Å². The van der Waals surface area contributed by atoms with Crippen molar-refractivity contribution in [1.29, 1.82) is 0 Å². The average molecular weight is 437 g/mol. The normalized spacial score (nSPS) is 10.8. The number of pyridine rings is 1. The first-order valence-electron chi connectivity index (χ1n) is 9.30. The Morgan fingerprint density at radius 1 is 1.23 bits per heavy atom. The number of anilines is 1. The molecule has 0 aliphatic rings. The molecule has 1 aromatic carbocycles. The SMILES string of the molecule is COc1ccc(-c2cc(-c3nnc(SCC(=O)Nc4cccc(C)n4)n3N)[nH]n2)cc1. The van der Waals surface area contributed by atoms with Gasteiger partial charge in [-0.1, -0.05) is 17.8 Å². The van der Waals surface area contributed by atoms with E-state index in [1.165, 1.54) is 16.4 Å². The quantitative estimate of drug-likeness (QED) is 0.297. The third kappa shape index (κ3) is 4.67. The molecule has 4 N–H and O–H groups in total. The van der Waals surface area contributed by atoms with Crippen molar-refractivity contribution in [2.45, 2.75) is 12.1 Å². The van der Waals surface area contributed by atoms with Crippen molar-refractivity contribution in [3.05, 3.63) is 54.2 Å². The van der Waals surface area contributed by atoms with Gasteiger partial charge in [0.15, 0.2) is 0 Å². The number of benzene rings is 1. The Labute approximate surface area is 182 Å². The Morgan fingerprint density at radius 2 is 2.03 bits per heavy atom. The van der Waals surface area contributed by atoms with Crippen LogP contribution >= 0.6 is 11.8 Å². The first-order valence-corrected chi connectivity index (χ1v) is 10.3. The zero-order chi connectivity index (χ0) is 21.8. The maximum absolute atomic E-state index is 12.2. The van der Waals surface area contributed by atoms with E-state index in [4.69, 9.17) is 10.6 Å². The summed E-state index contributed by atoms with van der Waals surface area (Å²) in [5.41, 5.74) is 3.09. The van der Waals surface area contributed by atoms with Crippen molar-refractivity contribution < 1.29 is 9.53 Å². The molecule has 4 aromatic rings. The zero-order valence-corrected chi connectivity index (χ0v) is 17.7. The Morgan fingerprint density at radius 3 is 2.77 bits per heavy atom. The minimum atomic E-state index is -0.212. The second-order valence-electron chi connectivity index (χ2n) is 6.57. The maximum Gasteiger partial charge on any atom is 0.236 e. The Balaban J connectivity index is 1.42. The molecule has 0 radical (unpaired) electrons. The van der Waals surface area contributed by atoms with Gasteiger partial charge in [0.1, 0.15) is 17.3 Å². The molecule has 0 fully saturated rings. The number of rotatable bonds is 7. The van der Waals surface area contributed by atoms with Gasteiger partial charge in [-0.25, -0.2) is 9.66 Å². The topological polar surface area (TPSA) is 137 Å². The number of amides is 1. The lowest BCUT2D eigenvalue weighted by Crippen LogP contribution is -2.17. The lowest BCUT2D eigenvalue weighted by Gasteiger charge is -2.05. The van der Waals surface area contributed by atoms with E-state index < -0.39 is 0 Å². The number of methoxy groups -OCH3 is 1. The molecule has 0 saturated heterocycles. The molecule has 0 aliphatic heterocycles. The lowest BCUT2D eigenvalue weighted by molar-refractivity contribution is -0.113. The number of hydrogen-bond acceptors (Lipinski definition) is 8. The summed E-state index contributed by atoms with van der Waals surface area (Å²) >= 11 is 1.18. The van der Waals surface area contributed by atoms with Gasteiger partial charge in [-0.2, -0.15) is 5.10 Å². The highest BCUT2D eigenvalue weighted by Crippen LogP contribution is 2.26. The number of H-pyrrole nitrogens is 1. The number of nitrogens with one attached hydrogen (secondary N) is 2. The first-order chi connectivity index (χ1) is 15.0. The molecule has 0 saturated carbocycles. The Bertz CT molecular complexity index is 1200. The second-order valence-corrected chi connectivity index (χ2v) is 7.52. The highest BCUT2D eigenvalue weighted by atomic mass is 32.2. The summed E-state index contributed by atoms with van der Waals surface area (Å²) in [4.78, 5) is 16.4. The largest absolute Gasteiger partial charge is 0.497 e. The molecule has 3 heterocycles. The van der Waals surface area contributed by atoms with Crippen LogP contribution in [0, 0.1) is 6.92 Å². The fourth-order valence-electron chi connectivity index (χ4n) is 2.83. The van der Waals surface area contributed by atoms with E-state index in [0.717, 1.165) is 22.7 Å². The summed E-state index contributed by atoms with van der Waals surface area (Å²) in [6.45, 7) is 1.86. The molecule has 0 aliphatic carbocycles. The van der Waals surface area contributed by atoms with E-state index in [9.17, 15) is 4.79 Å². The highest BCUT2D eigenvalue weighted by Gasteiger charge is 2.16. The molecule has 1 amide bonds. The predicted molar refractivity (Wildman–Crippen MR) is 118 cm³/mol. The minimum absolute atomic E-state index is 0.116. The summed E-state index contributed by atoms with van der Waals surface area (Å²) in [6, 6.07) is 14.8. The number of nitrogens with two attached hydrogens (primary N) is 1. The molecule has 3 aromatic heterocycles. The van der Waals surface area contributed by atoms with Crippen LogP contribution in [-0.2, 0) is 4.79 Å². The number of nitrogens with zero attached hydrogens (tertiary/aromatic N) is 5. The van der Waals surface area contributed by atoms with Gasteiger partial charge in [-0.15, -0.1) is 10.2 Å². The smallest absolute Gasteiger partial charge is 0.236 e. The van der Waals surface area contributed by atoms with Gasteiger partial charge in [0.25, 0.3) is 0 Å². The van der Waals surface area contributed by atoms with E-state index in [2.05, 4.69) is 30.7 Å². The van der Waals surface area contributed by atoms with Gasteiger partial charge in [0.05, 0.1) is 18.6 Å². The zero-order valence-electron chi connectivity index (χ0n) is 16.9. The van der Waals surface area contributed by atoms with Crippen molar-refractivity contribution in [3.63, 3.8) is 0 Å². The van der Waals surface area contributed by atoms with Crippen LogP contribution in [0.25, 0.3) is 22.8 Å². The van der Waals surface area contributed by atoms with E-state index in [1.54, 1.807) is 13.2 Å². The van der Waals surface area contributed by atoms with Gasteiger partial charge >= 0.3 is 0 Å². The lowest BCUT2D eigenvalue weighted by atomic mass is 10.1. The number of aromatic amines is 1. The van der Waals surface area contributed by atoms with Crippen molar-refractivity contribution >= 4 is 23.5 Å². The molecular formula is C20H20N8O2S. The van der Waals surface area contributed by atoms with Crippen molar-refractivity contribution in [2.75, 3.05) is 24.0 Å². The monoisotopic (exact) mass is 436 g/mol. The molecule has 4 rings (SSSR count). The van der Waals surface area contributed by atoms with Crippen LogP contribution in [0.15, 0.2) is 53.7 Å². The van der Waals surface area contributed by atoms with Crippen LogP contribution in [0.5, 0.6) is 5.75 Å². The molecule has 0 spiro atoms. The van der Waals surface area contributed by atoms with Crippen LogP contribution in [0.2, 0.25) is 0 Å². The van der Waals surface area contributed by atoms with E-state index in [0.29, 0.717) is 22.5 Å². The van der Waals surface area contributed by atoms with Gasteiger partial charge in [0, 0.05) is 11.3 Å². The van der Waals surface area contributed by atoms with Crippen LogP contribution in [0.4, 0.5) is 5.82 Å². The molecule has 11 heteroatoms. The number of hydrogen-bond donors (Lipinski definition) is 3. The molecule has 158 valence electrons. The Hall–Kier alpha value is -3.86. The summed E-state index contributed by atoms with van der Waals surface area (Å²) in [5, 5.41) is 18.6. The molecule has 0 atom stereocenters. The van der Waals surface area contributed by atoms with Gasteiger partial charge in [-0.05, 0) is 49.4 Å². The van der Waals surface area contributed by atoms with E-state index in [1.807, 2.05) is 49.4 Å². The highest BCUT2D eigenvalue weighted by molar-refractivity contribution is 7.99. The maximum atomic E-state index is 12.2. The predicted octanol–water partition coefficient (Wildman–Crippen LogP) is 2.49. The van der Waals surface area contributed by atoms with Crippen molar-refractivity contribution in [1.82, 2.24) is 30.1 Å². The van der Waals surface area contributed by atoms with Crippen LogP contribution in [-0.4, -0.2) is 48.8 Å². The van der Waals surface area contributed by atoms with Crippen LogP contribution in [0.3, 0.4) is 0 Å². The number of aromatic nitrogens is 6. The summed E-state index contributed by atoms with van der Waals surface area (Å²) in [6.07, 6.45) is 0. The third-order valence-corrected chi connectivity index (χ3v) is 5.30. The fourth-order valence-corrected chi connectivity index (χ4v) is 3.48. The summed E-state index contributed by atoms with van der Waals surface area (Å²) < 4.78 is 6.50. The first kappa shape index (κ1) is 20.4. The van der Waals surface area contributed by atoms with E-state index in [-0.39, 0.29) is 11.7 Å². The van der Waals surface area contributed by atoms with Crippen LogP contribution in [0.1, 0.15) is 5.69 Å². The van der Waals surface area contributed by atoms with Gasteiger partial charge in [-0.3, -0.25) is 9.89 Å².